The predicted octanol–water partition coefficient (Wildman–Crippen LogP) is 4.14. The average Bonchev–Trinajstić information content (AvgIpc) is 3.53. The second-order valence-corrected chi connectivity index (χ2v) is 11.4. The largest absolute Gasteiger partial charge is 0.486 e. The van der Waals surface area contributed by atoms with Crippen molar-refractivity contribution in [3.8, 4) is 10.8 Å². The van der Waals surface area contributed by atoms with Gasteiger partial charge in [-0.15, -0.1) is 4.80 Å². The molecule has 10 nitrogen and oxygen atoms in total. The van der Waals surface area contributed by atoms with Gasteiger partial charge in [0.1, 0.15) is 26.9 Å². The van der Waals surface area contributed by atoms with Crippen molar-refractivity contribution in [2.24, 2.45) is 5.92 Å². The van der Waals surface area contributed by atoms with E-state index >= 15 is 0 Å². The number of ketones is 1. The van der Waals surface area contributed by atoms with Gasteiger partial charge in [-0.2, -0.15) is 10.2 Å². The zero-order valence-electron chi connectivity index (χ0n) is 23.1. The number of Topliss-reactive ketones (excluding diaryl/α,β-unsaturated/α-hetero) is 1. The number of hydrogen-bond acceptors (Lipinski definition) is 7. The van der Waals surface area contributed by atoms with Crippen LogP contribution in [0.2, 0.25) is 0 Å². The third-order valence-electron chi connectivity index (χ3n) is 6.71. The van der Waals surface area contributed by atoms with Crippen LogP contribution in [0.5, 0.6) is 5.75 Å². The van der Waals surface area contributed by atoms with Gasteiger partial charge in [0, 0.05) is 18.5 Å². The maximum Gasteiger partial charge on any atom is 0.332 e. The SMILES string of the molecule is [C-]#[N+]CCOc1ccc(F)cc1CCn1c(=O)n(C(C)(C)C(=O)CC(C)C)c(=O)c2c(C)c(-n3nccn3)sc21. The number of carbonyl (C=O) groups excluding carboxylic acids is 1. The van der Waals surface area contributed by atoms with E-state index in [1.807, 2.05) is 13.8 Å². The molecule has 0 aliphatic rings. The topological polar surface area (TPSA) is 105 Å². The van der Waals surface area contributed by atoms with Gasteiger partial charge in [-0.3, -0.25) is 14.2 Å². The number of nitrogens with zero attached hydrogens (tertiary/aromatic N) is 6. The summed E-state index contributed by atoms with van der Waals surface area (Å²) in [6.07, 6.45) is 3.44. The molecule has 0 saturated carbocycles. The highest BCUT2D eigenvalue weighted by atomic mass is 32.1. The lowest BCUT2D eigenvalue weighted by Gasteiger charge is -2.27. The van der Waals surface area contributed by atoms with Gasteiger partial charge in [-0.1, -0.05) is 25.2 Å². The molecule has 0 aliphatic carbocycles. The van der Waals surface area contributed by atoms with Gasteiger partial charge in [0.05, 0.1) is 17.8 Å². The molecule has 210 valence electrons. The number of benzene rings is 1. The zero-order valence-corrected chi connectivity index (χ0v) is 23.9. The molecule has 40 heavy (non-hydrogen) atoms. The third-order valence-corrected chi connectivity index (χ3v) is 7.99. The predicted molar refractivity (Wildman–Crippen MR) is 151 cm³/mol. The summed E-state index contributed by atoms with van der Waals surface area (Å²) in [6, 6.07) is 4.11. The van der Waals surface area contributed by atoms with Crippen molar-refractivity contribution >= 4 is 27.3 Å². The Morgan fingerprint density at radius 1 is 1.23 bits per heavy atom. The van der Waals surface area contributed by atoms with E-state index in [0.717, 1.165) is 4.57 Å². The van der Waals surface area contributed by atoms with Crippen LogP contribution in [-0.4, -0.2) is 43.1 Å². The van der Waals surface area contributed by atoms with Crippen molar-refractivity contribution in [3.63, 3.8) is 0 Å². The van der Waals surface area contributed by atoms with Crippen molar-refractivity contribution in [2.45, 2.75) is 59.5 Å². The molecule has 0 aliphatic heterocycles. The number of aryl methyl sites for hydroxylation is 3. The molecule has 0 bridgehead atoms. The molecule has 1 aromatic carbocycles. The fourth-order valence-electron chi connectivity index (χ4n) is 4.60. The molecule has 0 spiro atoms. The van der Waals surface area contributed by atoms with Gasteiger partial charge in [0.15, 0.2) is 12.4 Å². The summed E-state index contributed by atoms with van der Waals surface area (Å²) in [5.41, 5.74) is -1.49. The Labute approximate surface area is 234 Å². The molecule has 3 heterocycles. The van der Waals surface area contributed by atoms with Crippen LogP contribution in [0.4, 0.5) is 4.39 Å². The summed E-state index contributed by atoms with van der Waals surface area (Å²) < 4.78 is 22.4. The summed E-state index contributed by atoms with van der Waals surface area (Å²) in [4.78, 5) is 46.3. The molecule has 4 rings (SSSR count). The minimum atomic E-state index is -1.40. The number of carbonyl (C=O) groups is 1. The van der Waals surface area contributed by atoms with Gasteiger partial charge in [0.25, 0.3) is 5.56 Å². The molecule has 4 aromatic rings. The Kier molecular flexibility index (Phi) is 8.34. The van der Waals surface area contributed by atoms with Gasteiger partial charge in [-0.25, -0.2) is 20.3 Å². The number of fused-ring (bicyclic) bond motifs is 1. The summed E-state index contributed by atoms with van der Waals surface area (Å²) in [6.45, 7) is 16.1. The van der Waals surface area contributed by atoms with Crippen LogP contribution < -0.4 is 16.0 Å². The zero-order chi connectivity index (χ0) is 29.2. The minimum Gasteiger partial charge on any atom is -0.486 e. The maximum absolute atomic E-state index is 14.2. The summed E-state index contributed by atoms with van der Waals surface area (Å²) in [7, 11) is 0. The number of halogens is 1. The van der Waals surface area contributed by atoms with Gasteiger partial charge in [-0.05, 0) is 56.9 Å². The molecule has 0 amide bonds. The van der Waals surface area contributed by atoms with E-state index in [1.54, 1.807) is 20.8 Å². The van der Waals surface area contributed by atoms with Crippen molar-refractivity contribution in [1.29, 1.82) is 0 Å². The molecule has 0 saturated heterocycles. The standard InChI is InChI=1S/C28H31FN6O4S/c1-17(2)15-22(36)28(4,5)34-24(37)23-18(3)25(35-31-10-11-32-35)40-26(23)33(27(34)38)13-9-19-16-20(29)7-8-21(19)39-14-12-30-6/h7-8,10-11,16-17H,9,12-15H2,1-5H3. The van der Waals surface area contributed by atoms with Crippen LogP contribution in [-0.2, 0) is 23.3 Å². The molecular formula is C28H31FN6O4S. The Morgan fingerprint density at radius 2 is 1.93 bits per heavy atom. The number of aromatic nitrogens is 5. The first kappa shape index (κ1) is 28.9. The lowest BCUT2D eigenvalue weighted by Crippen LogP contribution is -2.52. The Hall–Kier alpha value is -4.11. The molecule has 12 heteroatoms. The summed E-state index contributed by atoms with van der Waals surface area (Å²) in [5.74, 6) is -0.230. The van der Waals surface area contributed by atoms with E-state index in [4.69, 9.17) is 11.3 Å². The lowest BCUT2D eigenvalue weighted by molar-refractivity contribution is -0.127. The molecule has 0 N–H and O–H groups in total. The van der Waals surface area contributed by atoms with E-state index in [-0.39, 0.29) is 44.2 Å². The number of thiophene rings is 1. The van der Waals surface area contributed by atoms with Gasteiger partial charge < -0.3 is 9.58 Å². The van der Waals surface area contributed by atoms with E-state index in [9.17, 15) is 18.8 Å². The lowest BCUT2D eigenvalue weighted by atomic mass is 9.91. The first-order valence-corrected chi connectivity index (χ1v) is 13.7. The molecule has 0 radical (unpaired) electrons. The van der Waals surface area contributed by atoms with Crippen molar-refractivity contribution in [2.75, 3.05) is 13.2 Å². The first-order chi connectivity index (χ1) is 19.0. The Bertz CT molecular complexity index is 1710. The van der Waals surface area contributed by atoms with Crippen molar-refractivity contribution in [3.05, 3.63) is 79.8 Å². The highest BCUT2D eigenvalue weighted by Gasteiger charge is 2.35. The first-order valence-electron chi connectivity index (χ1n) is 12.9. The fourth-order valence-corrected chi connectivity index (χ4v) is 5.84. The molecule has 0 fully saturated rings. The van der Waals surface area contributed by atoms with Gasteiger partial charge in [0.2, 0.25) is 6.54 Å². The molecule has 0 atom stereocenters. The minimum absolute atomic E-state index is 0.0445. The maximum atomic E-state index is 14.2. The van der Waals surface area contributed by atoms with E-state index in [1.165, 1.54) is 51.3 Å². The van der Waals surface area contributed by atoms with Crippen LogP contribution in [0.15, 0.2) is 40.2 Å². The third kappa shape index (κ3) is 5.47. The molecular weight excluding hydrogens is 535 g/mol. The quantitative estimate of drug-likeness (QED) is 0.200. The van der Waals surface area contributed by atoms with Crippen LogP contribution in [0, 0.1) is 25.2 Å². The van der Waals surface area contributed by atoms with Crippen molar-refractivity contribution < 1.29 is 13.9 Å². The fraction of sp³-hybridized carbons (Fsp3) is 0.429. The average molecular weight is 567 g/mol. The Morgan fingerprint density at radius 3 is 2.58 bits per heavy atom. The van der Waals surface area contributed by atoms with Crippen LogP contribution >= 0.6 is 11.3 Å². The number of hydrogen-bond donors (Lipinski definition) is 0. The molecule has 3 aromatic heterocycles. The van der Waals surface area contributed by atoms with E-state index < -0.39 is 22.6 Å². The Balaban J connectivity index is 1.90. The number of ether oxygens (including phenoxy) is 1. The molecule has 0 unspecified atom stereocenters. The second-order valence-electron chi connectivity index (χ2n) is 10.4. The van der Waals surface area contributed by atoms with E-state index in [0.29, 0.717) is 32.1 Å². The van der Waals surface area contributed by atoms with Crippen LogP contribution in [0.1, 0.15) is 45.2 Å². The van der Waals surface area contributed by atoms with Crippen LogP contribution in [0.25, 0.3) is 20.1 Å². The highest BCUT2D eigenvalue weighted by molar-refractivity contribution is 7.21. The number of rotatable bonds is 11. The summed E-state index contributed by atoms with van der Waals surface area (Å²) in [5, 5.41) is 9.26. The smallest absolute Gasteiger partial charge is 0.332 e. The monoisotopic (exact) mass is 566 g/mol. The summed E-state index contributed by atoms with van der Waals surface area (Å²) >= 11 is 1.20. The van der Waals surface area contributed by atoms with Crippen LogP contribution in [0.3, 0.4) is 0 Å². The van der Waals surface area contributed by atoms with Crippen molar-refractivity contribution in [1.82, 2.24) is 24.1 Å². The normalized spacial score (nSPS) is 11.8. The second kappa shape index (κ2) is 11.6. The van der Waals surface area contributed by atoms with Gasteiger partial charge >= 0.3 is 5.69 Å². The van der Waals surface area contributed by atoms with E-state index in [2.05, 4.69) is 15.0 Å². The highest BCUT2D eigenvalue weighted by Crippen LogP contribution is 2.31.